The van der Waals surface area contributed by atoms with Crippen molar-refractivity contribution in [2.75, 3.05) is 5.73 Å². The molecule has 0 amide bonds. The molecule has 0 aliphatic rings. The Morgan fingerprint density at radius 1 is 1.14 bits per heavy atom. The summed E-state index contributed by atoms with van der Waals surface area (Å²) in [5.41, 5.74) is 8.28. The highest BCUT2D eigenvalue weighted by molar-refractivity contribution is 5.87. The molecule has 2 aromatic carbocycles. The van der Waals surface area contributed by atoms with Crippen molar-refractivity contribution in [2.24, 2.45) is 0 Å². The molecule has 0 aromatic heterocycles. The van der Waals surface area contributed by atoms with Gasteiger partial charge in [0.25, 0.3) is 0 Å². The van der Waals surface area contributed by atoms with Crippen LogP contribution in [0.3, 0.4) is 0 Å². The maximum Gasteiger partial charge on any atom is 0.335 e. The van der Waals surface area contributed by atoms with E-state index < -0.39 is 5.97 Å². The van der Waals surface area contributed by atoms with E-state index in [1.165, 1.54) is 12.0 Å². The van der Waals surface area contributed by atoms with Gasteiger partial charge in [-0.15, -0.1) is 0 Å². The van der Waals surface area contributed by atoms with Crippen LogP contribution in [0.15, 0.2) is 48.5 Å². The number of rotatable bonds is 4. The lowest BCUT2D eigenvalue weighted by molar-refractivity contribution is 0.0697. The fourth-order valence-corrected chi connectivity index (χ4v) is 1.75. The Balaban J connectivity index is 0.000000235. The Bertz CT molecular complexity index is 626. The van der Waals surface area contributed by atoms with E-state index in [4.69, 9.17) is 16.1 Å². The lowest BCUT2D eigenvalue weighted by Crippen LogP contribution is -1.95. The van der Waals surface area contributed by atoms with Crippen LogP contribution >= 0.6 is 0 Å². The molecule has 0 bridgehead atoms. The lowest BCUT2D eigenvalue weighted by atomic mass is 10.1. The standard InChI is InChI=1S/C11H14O2.C7H6N2/c1-2-3-4-9-5-7-10(8-6-9)11(12)13;8-5-6-1-3-7(9)4-2-6/h5-8H,2-4H2,1H3,(H,12,13);1-4H,9H2. The number of hydrogen-bond donors (Lipinski definition) is 2. The first-order chi connectivity index (χ1) is 10.6. The molecule has 114 valence electrons. The van der Waals surface area contributed by atoms with Crippen molar-refractivity contribution in [3.63, 3.8) is 0 Å². The van der Waals surface area contributed by atoms with Crippen LogP contribution < -0.4 is 5.73 Å². The Morgan fingerprint density at radius 2 is 1.73 bits per heavy atom. The highest BCUT2D eigenvalue weighted by Crippen LogP contribution is 2.07. The molecule has 0 radical (unpaired) electrons. The van der Waals surface area contributed by atoms with Crippen LogP contribution in [0, 0.1) is 11.3 Å². The van der Waals surface area contributed by atoms with Crippen LogP contribution in [0.25, 0.3) is 0 Å². The van der Waals surface area contributed by atoms with Gasteiger partial charge < -0.3 is 10.8 Å². The van der Waals surface area contributed by atoms with Gasteiger partial charge in [0.05, 0.1) is 17.2 Å². The van der Waals surface area contributed by atoms with Crippen molar-refractivity contribution in [3.05, 3.63) is 65.2 Å². The van der Waals surface area contributed by atoms with Gasteiger partial charge in [-0.1, -0.05) is 25.5 Å². The first-order valence-electron chi connectivity index (χ1n) is 7.14. The number of hydrogen-bond acceptors (Lipinski definition) is 3. The van der Waals surface area contributed by atoms with E-state index in [-0.39, 0.29) is 0 Å². The van der Waals surface area contributed by atoms with Crippen molar-refractivity contribution in [1.82, 2.24) is 0 Å². The lowest BCUT2D eigenvalue weighted by Gasteiger charge is -1.99. The highest BCUT2D eigenvalue weighted by Gasteiger charge is 2.00. The number of aromatic carboxylic acids is 1. The Hall–Kier alpha value is -2.80. The van der Waals surface area contributed by atoms with Crippen LogP contribution in [-0.2, 0) is 6.42 Å². The first kappa shape index (κ1) is 17.3. The fourth-order valence-electron chi connectivity index (χ4n) is 1.75. The van der Waals surface area contributed by atoms with Gasteiger partial charge in [0.1, 0.15) is 0 Å². The summed E-state index contributed by atoms with van der Waals surface area (Å²) in [4.78, 5) is 10.5. The topological polar surface area (TPSA) is 87.1 Å². The minimum Gasteiger partial charge on any atom is -0.478 e. The summed E-state index contributed by atoms with van der Waals surface area (Å²) in [6, 6.07) is 15.9. The zero-order valence-corrected chi connectivity index (χ0v) is 12.6. The van der Waals surface area contributed by atoms with E-state index in [9.17, 15) is 4.79 Å². The van der Waals surface area contributed by atoms with Crippen LogP contribution in [0.1, 0.15) is 41.3 Å². The summed E-state index contributed by atoms with van der Waals surface area (Å²) < 4.78 is 0. The molecule has 0 saturated heterocycles. The molecule has 0 unspecified atom stereocenters. The molecule has 0 saturated carbocycles. The van der Waals surface area contributed by atoms with E-state index in [1.54, 1.807) is 36.4 Å². The van der Waals surface area contributed by atoms with Gasteiger partial charge in [0.2, 0.25) is 0 Å². The largest absolute Gasteiger partial charge is 0.478 e. The monoisotopic (exact) mass is 296 g/mol. The molecule has 2 rings (SSSR count). The Morgan fingerprint density at radius 3 is 2.18 bits per heavy atom. The first-order valence-corrected chi connectivity index (χ1v) is 7.14. The number of benzene rings is 2. The van der Waals surface area contributed by atoms with Crippen molar-refractivity contribution in [3.8, 4) is 6.07 Å². The van der Waals surface area contributed by atoms with Crippen molar-refractivity contribution in [1.29, 1.82) is 5.26 Å². The number of carboxylic acids is 1. The second-order valence-electron chi connectivity index (χ2n) is 4.84. The molecule has 4 nitrogen and oxygen atoms in total. The Kier molecular flexibility index (Phi) is 7.21. The summed E-state index contributed by atoms with van der Waals surface area (Å²) in [5.74, 6) is -0.859. The summed E-state index contributed by atoms with van der Waals surface area (Å²) in [7, 11) is 0. The van der Waals surface area contributed by atoms with Gasteiger partial charge in [0.15, 0.2) is 0 Å². The molecule has 2 aromatic rings. The maximum atomic E-state index is 10.5. The van der Waals surface area contributed by atoms with Crippen LogP contribution in [0.4, 0.5) is 5.69 Å². The van der Waals surface area contributed by atoms with Crippen LogP contribution in [-0.4, -0.2) is 11.1 Å². The number of nitriles is 1. The average Bonchev–Trinajstić information content (AvgIpc) is 2.54. The zero-order chi connectivity index (χ0) is 16.4. The molecule has 0 aliphatic heterocycles. The van der Waals surface area contributed by atoms with Gasteiger partial charge in [-0.25, -0.2) is 4.79 Å². The summed E-state index contributed by atoms with van der Waals surface area (Å²) >= 11 is 0. The number of carboxylic acid groups (broad SMARTS) is 1. The smallest absolute Gasteiger partial charge is 0.335 e. The number of carbonyl (C=O) groups is 1. The SMILES string of the molecule is CCCCc1ccc(C(=O)O)cc1.N#Cc1ccc(N)cc1. The average molecular weight is 296 g/mol. The van der Waals surface area contributed by atoms with Gasteiger partial charge in [-0.3, -0.25) is 0 Å². The number of aryl methyl sites for hydroxylation is 1. The molecular weight excluding hydrogens is 276 g/mol. The number of nitrogen functional groups attached to an aromatic ring is 1. The predicted octanol–water partition coefficient (Wildman–Crippen LogP) is 3.87. The van der Waals surface area contributed by atoms with E-state index in [0.717, 1.165) is 12.8 Å². The minimum atomic E-state index is -0.859. The third-order valence-corrected chi connectivity index (χ3v) is 3.06. The molecule has 0 aliphatic carbocycles. The zero-order valence-electron chi connectivity index (χ0n) is 12.6. The van der Waals surface area contributed by atoms with Gasteiger partial charge >= 0.3 is 5.97 Å². The van der Waals surface area contributed by atoms with Crippen molar-refractivity contribution < 1.29 is 9.90 Å². The minimum absolute atomic E-state index is 0.361. The molecular formula is C18H20N2O2. The van der Waals surface area contributed by atoms with Crippen molar-refractivity contribution in [2.45, 2.75) is 26.2 Å². The van der Waals surface area contributed by atoms with Crippen LogP contribution in [0.2, 0.25) is 0 Å². The fraction of sp³-hybridized carbons (Fsp3) is 0.222. The third-order valence-electron chi connectivity index (χ3n) is 3.06. The molecule has 0 heterocycles. The molecule has 22 heavy (non-hydrogen) atoms. The maximum absolute atomic E-state index is 10.5. The molecule has 3 N–H and O–H groups in total. The van der Waals surface area contributed by atoms with Gasteiger partial charge in [0, 0.05) is 5.69 Å². The van der Waals surface area contributed by atoms with Gasteiger partial charge in [-0.05, 0) is 54.8 Å². The normalized spacial score (nSPS) is 9.27. The highest BCUT2D eigenvalue weighted by atomic mass is 16.4. The van der Waals surface area contributed by atoms with E-state index >= 15 is 0 Å². The quantitative estimate of drug-likeness (QED) is 0.838. The molecule has 4 heteroatoms. The molecule has 0 fully saturated rings. The van der Waals surface area contributed by atoms with Gasteiger partial charge in [-0.2, -0.15) is 5.26 Å². The summed E-state index contributed by atoms with van der Waals surface area (Å²) in [6.07, 6.45) is 3.36. The second-order valence-corrected chi connectivity index (χ2v) is 4.84. The number of nitrogens with two attached hydrogens (primary N) is 1. The van der Waals surface area contributed by atoms with E-state index in [1.807, 2.05) is 18.2 Å². The number of anilines is 1. The Labute approximate surface area is 130 Å². The van der Waals surface area contributed by atoms with E-state index in [0.29, 0.717) is 16.8 Å². The molecule has 0 atom stereocenters. The van der Waals surface area contributed by atoms with E-state index in [2.05, 4.69) is 6.92 Å². The summed E-state index contributed by atoms with van der Waals surface area (Å²) in [6.45, 7) is 2.14. The second kappa shape index (κ2) is 9.19. The number of nitrogens with zero attached hydrogens (tertiary/aromatic N) is 1. The number of unbranched alkanes of at least 4 members (excludes halogenated alkanes) is 1. The summed E-state index contributed by atoms with van der Waals surface area (Å²) in [5, 5.41) is 17.0. The predicted molar refractivity (Wildman–Crippen MR) is 87.6 cm³/mol. The third kappa shape index (κ3) is 6.10. The van der Waals surface area contributed by atoms with Crippen molar-refractivity contribution >= 4 is 11.7 Å². The van der Waals surface area contributed by atoms with Crippen LogP contribution in [0.5, 0.6) is 0 Å². The molecule has 0 spiro atoms.